The van der Waals surface area contributed by atoms with Crippen molar-refractivity contribution in [1.29, 1.82) is 0 Å². The summed E-state index contributed by atoms with van der Waals surface area (Å²) in [5.74, 6) is 0.196. The highest BCUT2D eigenvalue weighted by molar-refractivity contribution is 7.89. The second-order valence-corrected chi connectivity index (χ2v) is 9.45. The maximum atomic E-state index is 12.7. The van der Waals surface area contributed by atoms with E-state index in [1.165, 1.54) is 34.8 Å². The Hall–Kier alpha value is -2.49. The Labute approximate surface area is 168 Å². The number of carbonyl (C=O) groups is 1. The molecule has 0 aliphatic carbocycles. The first-order valence-electron chi connectivity index (χ1n) is 8.57. The number of thiazole rings is 1. The summed E-state index contributed by atoms with van der Waals surface area (Å²) in [6.07, 6.45) is 0. The number of hydrogen-bond donors (Lipinski definition) is 1. The zero-order chi connectivity index (χ0) is 20.5. The van der Waals surface area contributed by atoms with E-state index in [4.69, 9.17) is 4.74 Å². The zero-order valence-electron chi connectivity index (χ0n) is 16.0. The Bertz CT molecular complexity index is 1120. The smallest absolute Gasteiger partial charge is 0.257 e. The quantitative estimate of drug-likeness (QED) is 0.660. The summed E-state index contributed by atoms with van der Waals surface area (Å²) >= 11 is 1.32. The van der Waals surface area contributed by atoms with E-state index in [0.717, 1.165) is 4.70 Å². The lowest BCUT2D eigenvalue weighted by Gasteiger charge is -2.21. The van der Waals surface area contributed by atoms with Gasteiger partial charge in [0.15, 0.2) is 5.13 Å². The van der Waals surface area contributed by atoms with Crippen molar-refractivity contribution in [1.82, 2.24) is 9.29 Å². The number of carbonyl (C=O) groups excluding carboxylic acids is 1. The molecule has 28 heavy (non-hydrogen) atoms. The highest BCUT2D eigenvalue weighted by Crippen LogP contribution is 2.32. The molecule has 148 valence electrons. The first kappa shape index (κ1) is 20.2. The van der Waals surface area contributed by atoms with Crippen LogP contribution in [0.1, 0.15) is 24.2 Å². The number of benzene rings is 2. The van der Waals surface area contributed by atoms with Crippen LogP contribution in [-0.2, 0) is 10.0 Å². The van der Waals surface area contributed by atoms with Gasteiger partial charge in [0.2, 0.25) is 10.0 Å². The SMILES string of the molecule is COc1cccc2sc(NC(=O)c3cccc(S(=O)(=O)N(C)C(C)C)c3)nc12. The van der Waals surface area contributed by atoms with Gasteiger partial charge in [0, 0.05) is 18.7 Å². The molecule has 0 fully saturated rings. The van der Waals surface area contributed by atoms with Gasteiger partial charge in [-0.2, -0.15) is 4.31 Å². The molecular formula is C19H21N3O4S2. The Morgan fingerprint density at radius 2 is 1.93 bits per heavy atom. The minimum Gasteiger partial charge on any atom is -0.494 e. The number of ether oxygens (including phenoxy) is 1. The molecule has 0 unspecified atom stereocenters. The second kappa shape index (κ2) is 7.86. The molecule has 1 amide bonds. The van der Waals surface area contributed by atoms with Crippen LogP contribution in [0, 0.1) is 0 Å². The van der Waals surface area contributed by atoms with Gasteiger partial charge in [0.05, 0.1) is 16.7 Å². The minimum absolute atomic E-state index is 0.0716. The summed E-state index contributed by atoms with van der Waals surface area (Å²) in [5, 5.41) is 3.15. The highest BCUT2D eigenvalue weighted by atomic mass is 32.2. The monoisotopic (exact) mass is 419 g/mol. The molecule has 1 N–H and O–H groups in total. The van der Waals surface area contributed by atoms with E-state index in [-0.39, 0.29) is 16.5 Å². The molecule has 9 heteroatoms. The molecule has 3 rings (SSSR count). The topological polar surface area (TPSA) is 88.6 Å². The molecule has 0 saturated heterocycles. The maximum absolute atomic E-state index is 12.7. The number of nitrogens with one attached hydrogen (secondary N) is 1. The Morgan fingerprint density at radius 3 is 2.61 bits per heavy atom. The fourth-order valence-corrected chi connectivity index (χ4v) is 4.84. The van der Waals surface area contributed by atoms with Gasteiger partial charge in [-0.3, -0.25) is 10.1 Å². The van der Waals surface area contributed by atoms with Gasteiger partial charge >= 0.3 is 0 Å². The predicted molar refractivity (Wildman–Crippen MR) is 111 cm³/mol. The van der Waals surface area contributed by atoms with Crippen molar-refractivity contribution in [3.05, 3.63) is 48.0 Å². The summed E-state index contributed by atoms with van der Waals surface area (Å²) in [5.41, 5.74) is 0.907. The molecule has 0 aliphatic rings. The van der Waals surface area contributed by atoms with Crippen LogP contribution in [0.3, 0.4) is 0 Å². The van der Waals surface area contributed by atoms with E-state index in [1.807, 2.05) is 12.1 Å². The molecule has 0 bridgehead atoms. The molecule has 1 heterocycles. The second-order valence-electron chi connectivity index (χ2n) is 6.42. The van der Waals surface area contributed by atoms with Crippen LogP contribution < -0.4 is 10.1 Å². The van der Waals surface area contributed by atoms with Crippen LogP contribution in [0.25, 0.3) is 10.2 Å². The number of anilines is 1. The number of rotatable bonds is 6. The summed E-state index contributed by atoms with van der Waals surface area (Å²) in [7, 11) is -0.596. The van der Waals surface area contributed by atoms with Crippen LogP contribution in [0.2, 0.25) is 0 Å². The highest BCUT2D eigenvalue weighted by Gasteiger charge is 2.24. The first-order chi connectivity index (χ1) is 13.2. The van der Waals surface area contributed by atoms with Crippen molar-refractivity contribution in [3.63, 3.8) is 0 Å². The summed E-state index contributed by atoms with van der Waals surface area (Å²) in [6, 6.07) is 11.3. The number of nitrogens with zero attached hydrogens (tertiary/aromatic N) is 2. The molecule has 0 atom stereocenters. The van der Waals surface area contributed by atoms with Crippen molar-refractivity contribution >= 4 is 42.6 Å². The molecule has 2 aromatic carbocycles. The molecule has 0 radical (unpaired) electrons. The lowest BCUT2D eigenvalue weighted by molar-refractivity contribution is 0.102. The van der Waals surface area contributed by atoms with Crippen LogP contribution in [-0.4, -0.2) is 43.8 Å². The summed E-state index contributed by atoms with van der Waals surface area (Å²) < 4.78 is 32.8. The number of aromatic nitrogens is 1. The number of sulfonamides is 1. The zero-order valence-corrected chi connectivity index (χ0v) is 17.6. The Kier molecular flexibility index (Phi) is 5.69. The van der Waals surface area contributed by atoms with E-state index in [0.29, 0.717) is 16.4 Å². The van der Waals surface area contributed by atoms with E-state index < -0.39 is 15.9 Å². The predicted octanol–water partition coefficient (Wildman–Crippen LogP) is 3.59. The van der Waals surface area contributed by atoms with Crippen molar-refractivity contribution in [2.75, 3.05) is 19.5 Å². The molecule has 0 aliphatic heterocycles. The van der Waals surface area contributed by atoms with Crippen LogP contribution >= 0.6 is 11.3 Å². The van der Waals surface area contributed by atoms with Gasteiger partial charge in [-0.15, -0.1) is 0 Å². The van der Waals surface area contributed by atoms with E-state index >= 15 is 0 Å². The number of para-hydroxylation sites is 1. The van der Waals surface area contributed by atoms with Crippen molar-refractivity contribution in [2.24, 2.45) is 0 Å². The van der Waals surface area contributed by atoms with Gasteiger partial charge in [-0.05, 0) is 44.2 Å². The molecule has 0 spiro atoms. The third-order valence-corrected chi connectivity index (χ3v) is 7.29. The maximum Gasteiger partial charge on any atom is 0.257 e. The summed E-state index contributed by atoms with van der Waals surface area (Å²) in [4.78, 5) is 17.1. The largest absolute Gasteiger partial charge is 0.494 e. The van der Waals surface area contributed by atoms with Gasteiger partial charge in [-0.1, -0.05) is 23.5 Å². The third kappa shape index (κ3) is 3.87. The average molecular weight is 420 g/mol. The van der Waals surface area contributed by atoms with Crippen molar-refractivity contribution < 1.29 is 17.9 Å². The fraction of sp³-hybridized carbons (Fsp3) is 0.263. The fourth-order valence-electron chi connectivity index (χ4n) is 2.55. The van der Waals surface area contributed by atoms with Crippen molar-refractivity contribution in [2.45, 2.75) is 24.8 Å². The molecule has 1 aromatic heterocycles. The third-order valence-electron chi connectivity index (χ3n) is 4.32. The Balaban J connectivity index is 1.88. The number of fused-ring (bicyclic) bond motifs is 1. The van der Waals surface area contributed by atoms with E-state index in [1.54, 1.807) is 39.2 Å². The minimum atomic E-state index is -3.67. The van der Waals surface area contributed by atoms with Gasteiger partial charge < -0.3 is 4.74 Å². The van der Waals surface area contributed by atoms with E-state index in [2.05, 4.69) is 10.3 Å². The average Bonchev–Trinajstić information content (AvgIpc) is 3.09. The number of amides is 1. The standard InChI is InChI=1S/C19H21N3O4S2/c1-12(2)22(3)28(24,25)14-8-5-7-13(11-14)18(23)21-19-20-17-15(26-4)9-6-10-16(17)27-19/h5-12H,1-4H3,(H,20,21,23). The van der Waals surface area contributed by atoms with Crippen LogP contribution in [0.15, 0.2) is 47.4 Å². The molecule has 0 saturated carbocycles. The normalized spacial score (nSPS) is 11.9. The van der Waals surface area contributed by atoms with E-state index in [9.17, 15) is 13.2 Å². The number of hydrogen-bond acceptors (Lipinski definition) is 6. The summed E-state index contributed by atoms with van der Waals surface area (Å²) in [6.45, 7) is 3.57. The van der Waals surface area contributed by atoms with Crippen LogP contribution in [0.5, 0.6) is 5.75 Å². The van der Waals surface area contributed by atoms with Crippen molar-refractivity contribution in [3.8, 4) is 5.75 Å². The number of methoxy groups -OCH3 is 1. The van der Waals surface area contributed by atoms with Gasteiger partial charge in [0.1, 0.15) is 11.3 Å². The van der Waals surface area contributed by atoms with Gasteiger partial charge in [0.25, 0.3) is 5.91 Å². The lowest BCUT2D eigenvalue weighted by atomic mass is 10.2. The first-order valence-corrected chi connectivity index (χ1v) is 10.8. The van der Waals surface area contributed by atoms with Gasteiger partial charge in [-0.25, -0.2) is 13.4 Å². The Morgan fingerprint density at radius 1 is 1.21 bits per heavy atom. The lowest BCUT2D eigenvalue weighted by Crippen LogP contribution is -2.33. The van der Waals surface area contributed by atoms with Crippen LogP contribution in [0.4, 0.5) is 5.13 Å². The molecule has 7 nitrogen and oxygen atoms in total. The molecular weight excluding hydrogens is 398 g/mol. The molecule has 3 aromatic rings.